The molecule has 4 aromatic rings. The van der Waals surface area contributed by atoms with Gasteiger partial charge in [0.1, 0.15) is 17.4 Å². The van der Waals surface area contributed by atoms with Gasteiger partial charge in [0.15, 0.2) is 0 Å². The molecule has 0 saturated carbocycles. The number of nitrogens with zero attached hydrogens (tertiary/aromatic N) is 3. The molecule has 0 fully saturated rings. The molecule has 0 radical (unpaired) electrons. The van der Waals surface area contributed by atoms with Crippen LogP contribution in [0.4, 0.5) is 15.8 Å². The average Bonchev–Trinajstić information content (AvgIpc) is 3.23. The van der Waals surface area contributed by atoms with E-state index in [1.807, 2.05) is 49.3 Å². The number of amides is 1. The fraction of sp³-hybridized carbons (Fsp3) is 0.167. The molecular formula is C24H21FN4O4S. The number of ether oxygens (including phenoxy) is 1. The Hall–Kier alpha value is -3.89. The van der Waals surface area contributed by atoms with Gasteiger partial charge in [-0.3, -0.25) is 14.9 Å². The van der Waals surface area contributed by atoms with Crippen LogP contribution >= 0.6 is 11.3 Å². The normalized spacial score (nSPS) is 11.1. The number of hydrogen-bond acceptors (Lipinski definition) is 7. The lowest BCUT2D eigenvalue weighted by Crippen LogP contribution is -2.19. The monoisotopic (exact) mass is 480 g/mol. The summed E-state index contributed by atoms with van der Waals surface area (Å²) in [5.74, 6) is -1.06. The van der Waals surface area contributed by atoms with E-state index in [9.17, 15) is 19.3 Å². The quantitative estimate of drug-likeness (QED) is 0.275. The van der Waals surface area contributed by atoms with Crippen molar-refractivity contribution in [2.45, 2.75) is 0 Å². The molecule has 34 heavy (non-hydrogen) atoms. The number of anilines is 1. The molecule has 3 aromatic carbocycles. The minimum Gasteiger partial charge on any atom is -0.491 e. The van der Waals surface area contributed by atoms with Gasteiger partial charge in [0, 0.05) is 29.9 Å². The summed E-state index contributed by atoms with van der Waals surface area (Å²) in [5.41, 5.74) is 1.32. The average molecular weight is 481 g/mol. The molecule has 0 aliphatic rings. The number of fused-ring (bicyclic) bond motifs is 1. The fourth-order valence-corrected chi connectivity index (χ4v) is 4.21. The Balaban J connectivity index is 1.64. The number of nitro benzene ring substituents is 1. The number of carbonyl (C=O) groups excluding carboxylic acids is 1. The number of thiazole rings is 1. The first-order chi connectivity index (χ1) is 16.3. The van der Waals surface area contributed by atoms with Crippen LogP contribution in [-0.2, 0) is 0 Å². The zero-order valence-electron chi connectivity index (χ0n) is 18.4. The summed E-state index contributed by atoms with van der Waals surface area (Å²) >= 11 is 1.54. The summed E-state index contributed by atoms with van der Waals surface area (Å²) in [7, 11) is 3.88. The summed E-state index contributed by atoms with van der Waals surface area (Å²) in [6.07, 6.45) is 0. The highest BCUT2D eigenvalue weighted by atomic mass is 32.1. The third kappa shape index (κ3) is 5.19. The number of hydrogen-bond donors (Lipinski definition) is 1. The number of nitrogens with one attached hydrogen (secondary N) is 1. The lowest BCUT2D eigenvalue weighted by atomic mass is 10.1. The van der Waals surface area contributed by atoms with Crippen molar-refractivity contribution in [1.29, 1.82) is 0 Å². The number of benzene rings is 3. The second-order valence-electron chi connectivity index (χ2n) is 7.73. The molecule has 8 nitrogen and oxygen atoms in total. The van der Waals surface area contributed by atoms with E-state index < -0.39 is 22.3 Å². The smallest absolute Gasteiger partial charge is 0.305 e. The standard InChI is InChI=1S/C24H21FN4O4S/c1-28(2)11-12-33-21-14-16(26-23(30)15-7-10-18(25)20(13-15)29(31)32)8-9-17(21)24-27-19-5-3-4-6-22(19)34-24/h3-10,13-14H,11-12H2,1-2H3,(H,26,30). The third-order valence-corrected chi connectivity index (χ3v) is 6.03. The van der Waals surface area contributed by atoms with Gasteiger partial charge in [-0.25, -0.2) is 4.98 Å². The highest BCUT2D eigenvalue weighted by molar-refractivity contribution is 7.21. The van der Waals surface area contributed by atoms with Crippen LogP contribution in [0.15, 0.2) is 60.7 Å². The Kier molecular flexibility index (Phi) is 6.80. The van der Waals surface area contributed by atoms with Crippen LogP contribution in [0.2, 0.25) is 0 Å². The molecule has 0 aliphatic carbocycles. The van der Waals surface area contributed by atoms with E-state index in [1.165, 1.54) is 17.4 Å². The fourth-order valence-electron chi connectivity index (χ4n) is 3.22. The Morgan fingerprint density at radius 2 is 1.97 bits per heavy atom. The summed E-state index contributed by atoms with van der Waals surface area (Å²) in [6.45, 7) is 1.11. The zero-order chi connectivity index (χ0) is 24.2. The van der Waals surface area contributed by atoms with Gasteiger partial charge in [-0.1, -0.05) is 12.1 Å². The van der Waals surface area contributed by atoms with Crippen molar-refractivity contribution < 1.29 is 18.8 Å². The van der Waals surface area contributed by atoms with Gasteiger partial charge < -0.3 is 15.0 Å². The van der Waals surface area contributed by atoms with Crippen molar-refractivity contribution >= 4 is 38.8 Å². The molecule has 0 bridgehead atoms. The Labute approximate surface area is 198 Å². The second-order valence-corrected chi connectivity index (χ2v) is 8.76. The molecule has 0 spiro atoms. The van der Waals surface area contributed by atoms with Crippen molar-refractivity contribution in [2.75, 3.05) is 32.6 Å². The number of likely N-dealkylation sites (N-methyl/N-ethyl adjacent to an activating group) is 1. The number of halogens is 1. The molecule has 0 aliphatic heterocycles. The van der Waals surface area contributed by atoms with Gasteiger partial charge in [-0.2, -0.15) is 4.39 Å². The summed E-state index contributed by atoms with van der Waals surface area (Å²) in [6, 6.07) is 16.0. The molecule has 1 heterocycles. The van der Waals surface area contributed by atoms with Crippen LogP contribution in [0.3, 0.4) is 0 Å². The number of nitro groups is 1. The maximum absolute atomic E-state index is 13.6. The molecule has 174 valence electrons. The van der Waals surface area contributed by atoms with Crippen LogP contribution in [0, 0.1) is 15.9 Å². The van der Waals surface area contributed by atoms with E-state index in [0.29, 0.717) is 24.6 Å². The number of para-hydroxylation sites is 1. The molecule has 0 atom stereocenters. The molecule has 1 N–H and O–H groups in total. The van der Waals surface area contributed by atoms with Crippen LogP contribution in [-0.4, -0.2) is 48.0 Å². The van der Waals surface area contributed by atoms with Gasteiger partial charge in [-0.15, -0.1) is 11.3 Å². The Morgan fingerprint density at radius 1 is 1.18 bits per heavy atom. The van der Waals surface area contributed by atoms with Crippen molar-refractivity contribution in [3.05, 3.63) is 82.2 Å². The lowest BCUT2D eigenvalue weighted by Gasteiger charge is -2.15. The highest BCUT2D eigenvalue weighted by Gasteiger charge is 2.19. The van der Waals surface area contributed by atoms with Gasteiger partial charge >= 0.3 is 5.69 Å². The summed E-state index contributed by atoms with van der Waals surface area (Å²) < 4.78 is 20.7. The van der Waals surface area contributed by atoms with E-state index in [-0.39, 0.29) is 5.56 Å². The van der Waals surface area contributed by atoms with Crippen LogP contribution in [0.1, 0.15) is 10.4 Å². The van der Waals surface area contributed by atoms with Crippen molar-refractivity contribution in [2.24, 2.45) is 0 Å². The Bertz CT molecular complexity index is 1340. The maximum atomic E-state index is 13.6. The minimum absolute atomic E-state index is 0.0292. The summed E-state index contributed by atoms with van der Waals surface area (Å²) in [5, 5.41) is 14.5. The first kappa shape index (κ1) is 23.3. The molecule has 1 aromatic heterocycles. The van der Waals surface area contributed by atoms with E-state index in [0.717, 1.165) is 32.9 Å². The van der Waals surface area contributed by atoms with E-state index in [4.69, 9.17) is 9.72 Å². The SMILES string of the molecule is CN(C)CCOc1cc(NC(=O)c2ccc(F)c([N+](=O)[O-])c2)ccc1-c1nc2ccccc2s1. The molecular weight excluding hydrogens is 459 g/mol. The van der Waals surface area contributed by atoms with E-state index in [2.05, 4.69) is 5.32 Å². The first-order valence-electron chi connectivity index (χ1n) is 10.3. The van der Waals surface area contributed by atoms with Crippen LogP contribution < -0.4 is 10.1 Å². The van der Waals surface area contributed by atoms with Crippen LogP contribution in [0.5, 0.6) is 5.75 Å². The second kappa shape index (κ2) is 9.94. The molecule has 4 rings (SSSR count). The van der Waals surface area contributed by atoms with Crippen molar-refractivity contribution in [1.82, 2.24) is 9.88 Å². The molecule has 1 amide bonds. The predicted molar refractivity (Wildman–Crippen MR) is 130 cm³/mol. The highest BCUT2D eigenvalue weighted by Crippen LogP contribution is 2.37. The van der Waals surface area contributed by atoms with Gasteiger partial charge in [0.2, 0.25) is 5.82 Å². The van der Waals surface area contributed by atoms with Crippen molar-refractivity contribution in [3.63, 3.8) is 0 Å². The Morgan fingerprint density at radius 3 is 2.71 bits per heavy atom. The van der Waals surface area contributed by atoms with Gasteiger partial charge in [-0.05, 0) is 50.5 Å². The maximum Gasteiger partial charge on any atom is 0.305 e. The number of rotatable bonds is 8. The largest absolute Gasteiger partial charge is 0.491 e. The molecule has 10 heteroatoms. The lowest BCUT2D eigenvalue weighted by molar-refractivity contribution is -0.387. The zero-order valence-corrected chi connectivity index (χ0v) is 19.3. The van der Waals surface area contributed by atoms with Crippen molar-refractivity contribution in [3.8, 4) is 16.3 Å². The minimum atomic E-state index is -1.00. The molecule has 0 unspecified atom stereocenters. The number of carbonyl (C=O) groups is 1. The summed E-state index contributed by atoms with van der Waals surface area (Å²) in [4.78, 5) is 29.5. The predicted octanol–water partition coefficient (Wildman–Crippen LogP) is 5.20. The molecule has 0 saturated heterocycles. The van der Waals surface area contributed by atoms with Crippen LogP contribution in [0.25, 0.3) is 20.8 Å². The number of aromatic nitrogens is 1. The van der Waals surface area contributed by atoms with E-state index >= 15 is 0 Å². The topological polar surface area (TPSA) is 97.6 Å². The van der Waals surface area contributed by atoms with E-state index in [1.54, 1.807) is 12.1 Å². The first-order valence-corrected chi connectivity index (χ1v) is 11.2. The van der Waals surface area contributed by atoms with Gasteiger partial charge in [0.25, 0.3) is 5.91 Å². The third-order valence-electron chi connectivity index (χ3n) is 4.96. The van der Waals surface area contributed by atoms with Gasteiger partial charge in [0.05, 0.1) is 20.7 Å².